The molecule has 0 amide bonds. The van der Waals surface area contributed by atoms with Gasteiger partial charge in [0.05, 0.1) is 32.6 Å². The van der Waals surface area contributed by atoms with E-state index in [1.54, 1.807) is 7.11 Å². The summed E-state index contributed by atoms with van der Waals surface area (Å²) in [6.45, 7) is 19.8. The van der Waals surface area contributed by atoms with Crippen molar-refractivity contribution in [2.45, 2.75) is 64.8 Å². The van der Waals surface area contributed by atoms with Crippen molar-refractivity contribution in [1.29, 1.82) is 0 Å². The van der Waals surface area contributed by atoms with Gasteiger partial charge in [0, 0.05) is 42.4 Å². The van der Waals surface area contributed by atoms with Gasteiger partial charge in [0.25, 0.3) is 0 Å². The minimum atomic E-state index is -1.95. The Bertz CT molecular complexity index is 1080. The van der Waals surface area contributed by atoms with Crippen molar-refractivity contribution in [3.63, 3.8) is 0 Å². The maximum Gasteiger partial charge on any atom is 0.192 e. The van der Waals surface area contributed by atoms with Crippen molar-refractivity contribution >= 4 is 37.1 Å². The van der Waals surface area contributed by atoms with Gasteiger partial charge in [0.2, 0.25) is 0 Å². The number of ether oxygens (including phenoxy) is 2. The SMILES string of the molecule is COc1cc(N2CCOCC2)ccc1N1CC(C)(C)c2c(Cl)nc(CO[Si](C)(C)C(C)(C)C)nc21. The summed E-state index contributed by atoms with van der Waals surface area (Å²) in [7, 11) is -0.230. The van der Waals surface area contributed by atoms with E-state index in [-0.39, 0.29) is 10.5 Å². The first-order valence-electron chi connectivity index (χ1n) is 12.3. The van der Waals surface area contributed by atoms with Crippen LogP contribution >= 0.6 is 11.6 Å². The number of methoxy groups -OCH3 is 1. The molecule has 0 atom stereocenters. The smallest absolute Gasteiger partial charge is 0.192 e. The molecule has 1 saturated heterocycles. The zero-order valence-electron chi connectivity index (χ0n) is 22.4. The number of hydrogen-bond donors (Lipinski definition) is 0. The van der Waals surface area contributed by atoms with E-state index in [1.165, 1.54) is 0 Å². The lowest BCUT2D eigenvalue weighted by molar-refractivity contribution is 0.122. The third kappa shape index (κ3) is 5.17. The average molecular weight is 519 g/mol. The van der Waals surface area contributed by atoms with Crippen LogP contribution in [-0.2, 0) is 21.2 Å². The molecule has 1 aromatic heterocycles. The molecule has 0 unspecified atom stereocenters. The second-order valence-electron chi connectivity index (χ2n) is 11.6. The predicted octanol–water partition coefficient (Wildman–Crippen LogP) is 5.93. The zero-order valence-corrected chi connectivity index (χ0v) is 24.1. The molecule has 0 radical (unpaired) electrons. The summed E-state index contributed by atoms with van der Waals surface area (Å²) in [5.74, 6) is 2.26. The van der Waals surface area contributed by atoms with Gasteiger partial charge in [-0.15, -0.1) is 0 Å². The summed E-state index contributed by atoms with van der Waals surface area (Å²) in [5, 5.41) is 0.608. The Hall–Kier alpha value is -1.87. The van der Waals surface area contributed by atoms with Crippen molar-refractivity contribution in [3.05, 3.63) is 34.7 Å². The molecule has 0 N–H and O–H groups in total. The third-order valence-corrected chi connectivity index (χ3v) is 12.3. The maximum atomic E-state index is 6.78. The molecule has 1 fully saturated rings. The number of hydrogen-bond acceptors (Lipinski definition) is 7. The lowest BCUT2D eigenvalue weighted by Crippen LogP contribution is -2.40. The Labute approximate surface area is 215 Å². The van der Waals surface area contributed by atoms with Crippen LogP contribution in [0.25, 0.3) is 0 Å². The van der Waals surface area contributed by atoms with E-state index in [2.05, 4.69) is 80.7 Å². The quantitative estimate of drug-likeness (QED) is 0.347. The van der Waals surface area contributed by atoms with Crippen LogP contribution in [-0.4, -0.2) is 58.2 Å². The van der Waals surface area contributed by atoms with Gasteiger partial charge in [0.15, 0.2) is 14.1 Å². The van der Waals surface area contributed by atoms with E-state index < -0.39 is 8.32 Å². The molecule has 3 heterocycles. The molecule has 0 spiro atoms. The first-order valence-corrected chi connectivity index (χ1v) is 15.6. The predicted molar refractivity (Wildman–Crippen MR) is 145 cm³/mol. The van der Waals surface area contributed by atoms with Gasteiger partial charge in [-0.2, -0.15) is 0 Å². The summed E-state index contributed by atoms with van der Waals surface area (Å²) < 4.78 is 17.8. The highest BCUT2D eigenvalue weighted by atomic mass is 35.5. The van der Waals surface area contributed by atoms with Crippen LogP contribution < -0.4 is 14.5 Å². The molecular formula is C26H39ClN4O3Si. The minimum absolute atomic E-state index is 0.108. The van der Waals surface area contributed by atoms with Crippen molar-refractivity contribution in [1.82, 2.24) is 9.97 Å². The highest BCUT2D eigenvalue weighted by molar-refractivity contribution is 6.74. The van der Waals surface area contributed by atoms with E-state index in [0.717, 1.165) is 61.4 Å². The van der Waals surface area contributed by atoms with E-state index in [9.17, 15) is 0 Å². The molecule has 0 aliphatic carbocycles. The number of halogens is 1. The fraction of sp³-hybridized carbons (Fsp3) is 0.615. The van der Waals surface area contributed by atoms with E-state index in [1.807, 2.05) is 0 Å². The molecule has 2 aliphatic heterocycles. The molecular weight excluding hydrogens is 480 g/mol. The summed E-state index contributed by atoms with van der Waals surface area (Å²) in [4.78, 5) is 14.2. The van der Waals surface area contributed by atoms with Crippen LogP contribution in [0, 0.1) is 0 Å². The van der Waals surface area contributed by atoms with Crippen molar-refractivity contribution in [2.75, 3.05) is 49.8 Å². The first kappa shape index (κ1) is 26.2. The third-order valence-electron chi connectivity index (χ3n) is 7.58. The molecule has 4 rings (SSSR count). The van der Waals surface area contributed by atoms with Crippen LogP contribution in [0.4, 0.5) is 17.2 Å². The van der Waals surface area contributed by atoms with Crippen LogP contribution in [0.15, 0.2) is 18.2 Å². The van der Waals surface area contributed by atoms with Gasteiger partial charge in [-0.1, -0.05) is 46.2 Å². The summed E-state index contributed by atoms with van der Waals surface area (Å²) in [6.07, 6.45) is 0. The van der Waals surface area contributed by atoms with Gasteiger partial charge in [-0.25, -0.2) is 9.97 Å². The fourth-order valence-electron chi connectivity index (χ4n) is 4.42. The molecule has 2 aliphatic rings. The van der Waals surface area contributed by atoms with Gasteiger partial charge < -0.3 is 23.7 Å². The summed E-state index contributed by atoms with van der Waals surface area (Å²) in [6, 6.07) is 6.38. The lowest BCUT2D eigenvalue weighted by Gasteiger charge is -2.35. The molecule has 2 aromatic rings. The monoisotopic (exact) mass is 518 g/mol. The first-order chi connectivity index (χ1) is 16.3. The van der Waals surface area contributed by atoms with Gasteiger partial charge in [-0.3, -0.25) is 0 Å². The highest BCUT2D eigenvalue weighted by Gasteiger charge is 2.42. The highest BCUT2D eigenvalue weighted by Crippen LogP contribution is 2.48. The Kier molecular flexibility index (Phi) is 7.14. The van der Waals surface area contributed by atoms with Crippen LogP contribution in [0.5, 0.6) is 5.75 Å². The number of morpholine rings is 1. The zero-order chi connectivity index (χ0) is 25.6. The van der Waals surface area contributed by atoms with Gasteiger partial charge in [0.1, 0.15) is 16.7 Å². The second-order valence-corrected chi connectivity index (χ2v) is 16.8. The Morgan fingerprint density at radius 1 is 1.14 bits per heavy atom. The summed E-state index contributed by atoms with van der Waals surface area (Å²) >= 11 is 6.78. The van der Waals surface area contributed by atoms with Gasteiger partial charge >= 0.3 is 0 Å². The molecule has 35 heavy (non-hydrogen) atoms. The Balaban J connectivity index is 1.69. The number of benzene rings is 1. The molecule has 192 valence electrons. The van der Waals surface area contributed by atoms with Crippen molar-refractivity contribution in [2.24, 2.45) is 0 Å². The number of fused-ring (bicyclic) bond motifs is 1. The van der Waals surface area contributed by atoms with E-state index >= 15 is 0 Å². The number of anilines is 3. The van der Waals surface area contributed by atoms with Gasteiger partial charge in [-0.05, 0) is 30.3 Å². The number of aromatic nitrogens is 2. The van der Waals surface area contributed by atoms with E-state index in [4.69, 9.17) is 30.5 Å². The molecule has 9 heteroatoms. The standard InChI is InChI=1S/C26H39ClN4O3Si/c1-25(2,3)35(7,8)34-16-21-28-23(27)22-24(29-21)31(17-26(22,4)5)19-10-9-18(15-20(19)32-6)30-11-13-33-14-12-30/h9-10,15H,11-14,16-17H2,1-8H3. The normalized spacial score (nSPS) is 18.1. The summed E-state index contributed by atoms with van der Waals surface area (Å²) in [5.41, 5.74) is 2.87. The molecule has 1 aromatic carbocycles. The topological polar surface area (TPSA) is 60.0 Å². The van der Waals surface area contributed by atoms with E-state index in [0.29, 0.717) is 17.6 Å². The molecule has 0 saturated carbocycles. The second kappa shape index (κ2) is 9.54. The van der Waals surface area contributed by atoms with Crippen molar-refractivity contribution in [3.8, 4) is 5.75 Å². The van der Waals surface area contributed by atoms with Crippen LogP contribution in [0.2, 0.25) is 23.3 Å². The van der Waals surface area contributed by atoms with Crippen LogP contribution in [0.3, 0.4) is 0 Å². The molecule has 0 bridgehead atoms. The average Bonchev–Trinajstić information content (AvgIpc) is 3.08. The molecule has 7 nitrogen and oxygen atoms in total. The van der Waals surface area contributed by atoms with Crippen molar-refractivity contribution < 1.29 is 13.9 Å². The largest absolute Gasteiger partial charge is 0.494 e. The Morgan fingerprint density at radius 2 is 1.83 bits per heavy atom. The number of rotatable bonds is 6. The minimum Gasteiger partial charge on any atom is -0.494 e. The Morgan fingerprint density at radius 3 is 2.46 bits per heavy atom. The fourth-order valence-corrected chi connectivity index (χ4v) is 5.78. The maximum absolute atomic E-state index is 6.78. The van der Waals surface area contributed by atoms with Crippen LogP contribution in [0.1, 0.15) is 46.0 Å². The number of nitrogens with zero attached hydrogens (tertiary/aromatic N) is 4. The lowest BCUT2D eigenvalue weighted by atomic mass is 9.89.